The highest BCUT2D eigenvalue weighted by Crippen LogP contribution is 2.24. The number of hydrogen-bond acceptors (Lipinski definition) is 0. The summed E-state index contributed by atoms with van der Waals surface area (Å²) in [5.74, 6) is 3.14. The predicted octanol–water partition coefficient (Wildman–Crippen LogP) is 5.30. The topological polar surface area (TPSA) is 0 Å². The Morgan fingerprint density at radius 1 is 1.00 bits per heavy atom. The predicted molar refractivity (Wildman–Crippen MR) is 71.0 cm³/mol. The van der Waals surface area contributed by atoms with Crippen LogP contribution in [-0.4, -0.2) is 0 Å². The normalized spacial score (nSPS) is 19.1. The minimum Gasteiger partial charge on any atom is -0.0825 e. The molecule has 0 radical (unpaired) electrons. The molecule has 3 unspecified atom stereocenters. The Bertz CT molecular complexity index is 188. The fourth-order valence-corrected chi connectivity index (χ4v) is 1.93. The highest BCUT2D eigenvalue weighted by Gasteiger charge is 2.13. The lowest BCUT2D eigenvalue weighted by molar-refractivity contribution is 0.327. The number of hydrogen-bond donors (Lipinski definition) is 0. The Kier molecular flexibility index (Phi) is 6.96. The number of allylic oxidation sites excluding steroid dienone is 2. The summed E-state index contributed by atoms with van der Waals surface area (Å²) in [7, 11) is 0. The van der Waals surface area contributed by atoms with Gasteiger partial charge in [0, 0.05) is 0 Å². The quantitative estimate of drug-likeness (QED) is 0.522. The molecule has 0 bridgehead atoms. The van der Waals surface area contributed by atoms with Gasteiger partial charge in [0.25, 0.3) is 0 Å². The molecular weight excluding hydrogens is 180 g/mol. The Morgan fingerprint density at radius 2 is 1.53 bits per heavy atom. The first kappa shape index (κ1) is 14.7. The van der Waals surface area contributed by atoms with Crippen LogP contribution in [-0.2, 0) is 0 Å². The van der Waals surface area contributed by atoms with Crippen LogP contribution in [0.25, 0.3) is 0 Å². The van der Waals surface area contributed by atoms with Crippen LogP contribution in [0.5, 0.6) is 0 Å². The molecule has 0 fully saturated rings. The van der Waals surface area contributed by atoms with Crippen LogP contribution in [0, 0.1) is 23.7 Å². The summed E-state index contributed by atoms with van der Waals surface area (Å²) in [6.07, 6.45) is 5.10. The van der Waals surface area contributed by atoms with Gasteiger partial charge in [0.05, 0.1) is 0 Å². The fourth-order valence-electron chi connectivity index (χ4n) is 1.93. The third kappa shape index (κ3) is 6.02. The van der Waals surface area contributed by atoms with Gasteiger partial charge in [-0.05, 0) is 37.0 Å². The van der Waals surface area contributed by atoms with Crippen LogP contribution in [0.4, 0.5) is 0 Å². The van der Waals surface area contributed by atoms with Crippen LogP contribution in [0.3, 0.4) is 0 Å². The average molecular weight is 210 g/mol. The third-order valence-corrected chi connectivity index (χ3v) is 3.82. The first-order valence-electron chi connectivity index (χ1n) is 6.56. The van der Waals surface area contributed by atoms with E-state index in [-0.39, 0.29) is 0 Å². The summed E-state index contributed by atoms with van der Waals surface area (Å²) in [6, 6.07) is 0. The van der Waals surface area contributed by atoms with Crippen molar-refractivity contribution in [3.8, 4) is 0 Å². The van der Waals surface area contributed by atoms with Gasteiger partial charge in [0.15, 0.2) is 0 Å². The van der Waals surface area contributed by atoms with Crippen LogP contribution in [0.15, 0.2) is 11.6 Å². The summed E-state index contributed by atoms with van der Waals surface area (Å²) < 4.78 is 0. The summed E-state index contributed by atoms with van der Waals surface area (Å²) in [4.78, 5) is 0. The molecule has 90 valence electrons. The molecule has 0 heteroatoms. The van der Waals surface area contributed by atoms with Gasteiger partial charge in [-0.15, -0.1) is 0 Å². The summed E-state index contributed by atoms with van der Waals surface area (Å²) >= 11 is 0. The minimum absolute atomic E-state index is 0.700. The summed E-state index contributed by atoms with van der Waals surface area (Å²) in [5.41, 5.74) is 1.54. The van der Waals surface area contributed by atoms with Crippen LogP contribution in [0.1, 0.15) is 61.3 Å². The van der Waals surface area contributed by atoms with Gasteiger partial charge in [-0.3, -0.25) is 0 Å². The smallest absolute Gasteiger partial charge is 0.0257 e. The van der Waals surface area contributed by atoms with Gasteiger partial charge < -0.3 is 0 Å². The van der Waals surface area contributed by atoms with Crippen molar-refractivity contribution in [3.05, 3.63) is 11.6 Å². The summed E-state index contributed by atoms with van der Waals surface area (Å²) in [6.45, 7) is 16.2. The lowest BCUT2D eigenvalue weighted by Gasteiger charge is -2.21. The van der Waals surface area contributed by atoms with Gasteiger partial charge in [0.2, 0.25) is 0 Å². The molecule has 0 rings (SSSR count). The molecule has 0 aromatic rings. The van der Waals surface area contributed by atoms with E-state index in [0.717, 1.165) is 17.8 Å². The van der Waals surface area contributed by atoms with Crippen molar-refractivity contribution in [1.82, 2.24) is 0 Å². The second-order valence-corrected chi connectivity index (χ2v) is 5.64. The van der Waals surface area contributed by atoms with Crippen molar-refractivity contribution < 1.29 is 0 Å². The Labute approximate surface area is 97.2 Å². The van der Waals surface area contributed by atoms with Crippen LogP contribution < -0.4 is 0 Å². The van der Waals surface area contributed by atoms with Crippen molar-refractivity contribution in [1.29, 1.82) is 0 Å². The molecule has 0 saturated heterocycles. The molecule has 0 aromatic carbocycles. The molecule has 3 atom stereocenters. The molecule has 0 spiro atoms. The maximum absolute atomic E-state index is 2.46. The van der Waals surface area contributed by atoms with E-state index in [0.29, 0.717) is 5.92 Å². The zero-order valence-electron chi connectivity index (χ0n) is 11.8. The average Bonchev–Trinajstić information content (AvgIpc) is 2.15. The van der Waals surface area contributed by atoms with Gasteiger partial charge >= 0.3 is 0 Å². The second-order valence-electron chi connectivity index (χ2n) is 5.64. The number of rotatable bonds is 6. The monoisotopic (exact) mass is 210 g/mol. The molecule has 0 aliphatic rings. The van der Waals surface area contributed by atoms with E-state index in [9.17, 15) is 0 Å². The van der Waals surface area contributed by atoms with Crippen molar-refractivity contribution in [2.45, 2.75) is 61.3 Å². The molecule has 0 aromatic heterocycles. The molecular formula is C15H30. The van der Waals surface area contributed by atoms with Crippen molar-refractivity contribution in [2.75, 3.05) is 0 Å². The van der Waals surface area contributed by atoms with E-state index in [1.54, 1.807) is 5.57 Å². The van der Waals surface area contributed by atoms with E-state index in [1.165, 1.54) is 12.8 Å². The standard InChI is InChI=1S/C15H30/c1-8-13(5)15(7)10-12(4)9-14(6)11(2)3/h9,11-13,15H,8,10H2,1-7H3. The van der Waals surface area contributed by atoms with Gasteiger partial charge in [-0.2, -0.15) is 0 Å². The zero-order chi connectivity index (χ0) is 12.0. The highest BCUT2D eigenvalue weighted by atomic mass is 14.2. The Hall–Kier alpha value is -0.260. The van der Waals surface area contributed by atoms with E-state index < -0.39 is 0 Å². The largest absolute Gasteiger partial charge is 0.0825 e. The van der Waals surface area contributed by atoms with E-state index in [2.05, 4.69) is 54.5 Å². The SMILES string of the molecule is CCC(C)C(C)CC(C)C=C(C)C(C)C. The molecule has 0 amide bonds. The van der Waals surface area contributed by atoms with E-state index in [1.807, 2.05) is 0 Å². The maximum atomic E-state index is 2.46. The van der Waals surface area contributed by atoms with E-state index in [4.69, 9.17) is 0 Å². The minimum atomic E-state index is 0.700. The van der Waals surface area contributed by atoms with Crippen molar-refractivity contribution >= 4 is 0 Å². The molecule has 0 N–H and O–H groups in total. The van der Waals surface area contributed by atoms with Gasteiger partial charge in [-0.1, -0.05) is 59.6 Å². The van der Waals surface area contributed by atoms with Gasteiger partial charge in [0.1, 0.15) is 0 Å². The summed E-state index contributed by atoms with van der Waals surface area (Å²) in [5, 5.41) is 0. The molecule has 0 heterocycles. The lowest BCUT2D eigenvalue weighted by Crippen LogP contribution is -2.10. The second kappa shape index (κ2) is 7.09. The first-order chi connectivity index (χ1) is 6.88. The third-order valence-electron chi connectivity index (χ3n) is 3.82. The molecule has 0 aliphatic carbocycles. The van der Waals surface area contributed by atoms with Crippen LogP contribution >= 0.6 is 0 Å². The van der Waals surface area contributed by atoms with E-state index >= 15 is 0 Å². The molecule has 0 nitrogen and oxygen atoms in total. The van der Waals surface area contributed by atoms with Crippen LogP contribution in [0.2, 0.25) is 0 Å². The first-order valence-corrected chi connectivity index (χ1v) is 6.56. The fraction of sp³-hybridized carbons (Fsp3) is 0.867. The van der Waals surface area contributed by atoms with Crippen molar-refractivity contribution in [2.24, 2.45) is 23.7 Å². The van der Waals surface area contributed by atoms with Crippen molar-refractivity contribution in [3.63, 3.8) is 0 Å². The zero-order valence-corrected chi connectivity index (χ0v) is 11.8. The van der Waals surface area contributed by atoms with Gasteiger partial charge in [-0.25, -0.2) is 0 Å². The Balaban J connectivity index is 4.13. The molecule has 0 saturated carbocycles. The molecule has 0 aliphatic heterocycles. The Morgan fingerprint density at radius 3 is 1.93 bits per heavy atom. The maximum Gasteiger partial charge on any atom is -0.0257 e. The highest BCUT2D eigenvalue weighted by molar-refractivity contribution is 5.03. The molecule has 15 heavy (non-hydrogen) atoms. The lowest BCUT2D eigenvalue weighted by atomic mass is 9.85.